The number of hydrogen-bond acceptors (Lipinski definition) is 4. The predicted molar refractivity (Wildman–Crippen MR) is 75.7 cm³/mol. The highest BCUT2D eigenvalue weighted by Crippen LogP contribution is 2.14. The van der Waals surface area contributed by atoms with Crippen molar-refractivity contribution in [3.8, 4) is 6.07 Å². The number of carbonyl (C=O) groups is 1. The van der Waals surface area contributed by atoms with E-state index in [1.54, 1.807) is 11.1 Å². The second kappa shape index (κ2) is 6.38. The van der Waals surface area contributed by atoms with Crippen LogP contribution in [0.3, 0.4) is 0 Å². The van der Waals surface area contributed by atoms with Gasteiger partial charge in [-0.05, 0) is 12.1 Å². The number of nitriles is 1. The van der Waals surface area contributed by atoms with Crippen LogP contribution in [-0.2, 0) is 11.3 Å². The third kappa shape index (κ3) is 3.36. The number of nitrogens with two attached hydrogens (primary N) is 1. The molecule has 0 radical (unpaired) electrons. The highest BCUT2D eigenvalue weighted by atomic mass is 16.2. The summed E-state index contributed by atoms with van der Waals surface area (Å²) in [7, 11) is 0. The Morgan fingerprint density at radius 3 is 2.75 bits per heavy atom. The first-order valence-electron chi connectivity index (χ1n) is 6.21. The zero-order valence-electron chi connectivity index (χ0n) is 10.9. The number of nitrogen functional groups attached to an aromatic ring is 1. The molecule has 0 aliphatic rings. The normalized spacial score (nSPS) is 9.95. The summed E-state index contributed by atoms with van der Waals surface area (Å²) in [5, 5.41) is 12.7. The third-order valence-corrected chi connectivity index (χ3v) is 2.77. The maximum atomic E-state index is 12.3. The zero-order valence-corrected chi connectivity index (χ0v) is 10.9. The van der Waals surface area contributed by atoms with Gasteiger partial charge in [-0.15, -0.1) is 0 Å². The fourth-order valence-corrected chi connectivity index (χ4v) is 1.86. The number of anilines is 2. The molecule has 0 bridgehead atoms. The fourth-order valence-electron chi connectivity index (χ4n) is 1.86. The molecule has 20 heavy (non-hydrogen) atoms. The average molecular weight is 269 g/mol. The fraction of sp³-hybridized carbons (Fsp3) is 0.214. The Kier molecular flexibility index (Phi) is 4.35. The molecule has 0 unspecified atom stereocenters. The van der Waals surface area contributed by atoms with Crippen LogP contribution in [0.1, 0.15) is 6.42 Å². The minimum atomic E-state index is -0.130. The summed E-state index contributed by atoms with van der Waals surface area (Å²) in [6.45, 7) is 0.452. The van der Waals surface area contributed by atoms with Crippen molar-refractivity contribution in [3.05, 3.63) is 42.7 Å². The lowest BCUT2D eigenvalue weighted by Crippen LogP contribution is -2.34. The van der Waals surface area contributed by atoms with Gasteiger partial charge in [-0.25, -0.2) is 0 Å². The van der Waals surface area contributed by atoms with E-state index in [-0.39, 0.29) is 18.9 Å². The summed E-state index contributed by atoms with van der Waals surface area (Å²) in [4.78, 5) is 13.9. The van der Waals surface area contributed by atoms with Crippen molar-refractivity contribution in [3.63, 3.8) is 0 Å². The van der Waals surface area contributed by atoms with E-state index in [1.807, 2.05) is 30.3 Å². The number of para-hydroxylation sites is 1. The zero-order chi connectivity index (χ0) is 14.4. The summed E-state index contributed by atoms with van der Waals surface area (Å²) in [5.74, 6) is -0.130. The Morgan fingerprint density at radius 2 is 2.15 bits per heavy atom. The molecule has 1 aromatic carbocycles. The van der Waals surface area contributed by atoms with Gasteiger partial charge in [0.2, 0.25) is 5.91 Å². The van der Waals surface area contributed by atoms with Crippen LogP contribution in [0.2, 0.25) is 0 Å². The molecule has 2 N–H and O–H groups in total. The van der Waals surface area contributed by atoms with Crippen LogP contribution in [0.4, 0.5) is 11.4 Å². The third-order valence-electron chi connectivity index (χ3n) is 2.77. The van der Waals surface area contributed by atoms with Crippen LogP contribution in [-0.4, -0.2) is 22.2 Å². The first-order chi connectivity index (χ1) is 9.70. The highest BCUT2D eigenvalue weighted by molar-refractivity contribution is 5.93. The number of hydrogen-bond donors (Lipinski definition) is 1. The van der Waals surface area contributed by atoms with Crippen LogP contribution < -0.4 is 10.6 Å². The van der Waals surface area contributed by atoms with E-state index in [0.29, 0.717) is 12.2 Å². The van der Waals surface area contributed by atoms with E-state index in [2.05, 4.69) is 11.2 Å². The summed E-state index contributed by atoms with van der Waals surface area (Å²) >= 11 is 0. The summed E-state index contributed by atoms with van der Waals surface area (Å²) in [6, 6.07) is 11.3. The number of nitrogens with zero attached hydrogens (tertiary/aromatic N) is 4. The van der Waals surface area contributed by atoms with Gasteiger partial charge in [0.25, 0.3) is 0 Å². The van der Waals surface area contributed by atoms with Gasteiger partial charge in [-0.2, -0.15) is 10.4 Å². The van der Waals surface area contributed by atoms with Gasteiger partial charge in [0.1, 0.15) is 6.54 Å². The second-order valence-corrected chi connectivity index (χ2v) is 4.26. The van der Waals surface area contributed by atoms with Gasteiger partial charge in [0, 0.05) is 18.4 Å². The highest BCUT2D eigenvalue weighted by Gasteiger charge is 2.16. The molecule has 2 rings (SSSR count). The molecule has 0 saturated carbocycles. The lowest BCUT2D eigenvalue weighted by Gasteiger charge is -2.21. The van der Waals surface area contributed by atoms with E-state index in [0.717, 1.165) is 5.69 Å². The van der Waals surface area contributed by atoms with Gasteiger partial charge >= 0.3 is 0 Å². The lowest BCUT2D eigenvalue weighted by molar-refractivity contribution is -0.119. The predicted octanol–water partition coefficient (Wildman–Crippen LogP) is 1.41. The van der Waals surface area contributed by atoms with E-state index >= 15 is 0 Å². The van der Waals surface area contributed by atoms with E-state index in [1.165, 1.54) is 10.9 Å². The maximum absolute atomic E-state index is 12.3. The minimum absolute atomic E-state index is 0.0948. The average Bonchev–Trinajstić information content (AvgIpc) is 2.86. The monoisotopic (exact) mass is 269 g/mol. The Morgan fingerprint density at radius 1 is 1.40 bits per heavy atom. The van der Waals surface area contributed by atoms with Gasteiger partial charge in [0.05, 0.1) is 24.4 Å². The lowest BCUT2D eigenvalue weighted by atomic mass is 10.2. The maximum Gasteiger partial charge on any atom is 0.248 e. The van der Waals surface area contributed by atoms with Crippen molar-refractivity contribution in [1.29, 1.82) is 5.26 Å². The first-order valence-corrected chi connectivity index (χ1v) is 6.21. The molecule has 1 heterocycles. The summed E-state index contributed by atoms with van der Waals surface area (Å²) in [6.07, 6.45) is 3.38. The molecule has 6 nitrogen and oxygen atoms in total. The molecule has 2 aromatic rings. The Labute approximate surface area is 117 Å². The quantitative estimate of drug-likeness (QED) is 0.889. The van der Waals surface area contributed by atoms with E-state index < -0.39 is 0 Å². The van der Waals surface area contributed by atoms with E-state index in [9.17, 15) is 4.79 Å². The van der Waals surface area contributed by atoms with Crippen molar-refractivity contribution < 1.29 is 4.79 Å². The topological polar surface area (TPSA) is 87.9 Å². The molecule has 0 atom stereocenters. The van der Waals surface area contributed by atoms with Crippen molar-refractivity contribution in [2.75, 3.05) is 17.2 Å². The van der Waals surface area contributed by atoms with Gasteiger partial charge in [-0.3, -0.25) is 9.48 Å². The van der Waals surface area contributed by atoms with Crippen molar-refractivity contribution in [1.82, 2.24) is 9.78 Å². The molecule has 0 spiro atoms. The van der Waals surface area contributed by atoms with Crippen molar-refractivity contribution in [2.24, 2.45) is 0 Å². The minimum Gasteiger partial charge on any atom is -0.396 e. The smallest absolute Gasteiger partial charge is 0.248 e. The SMILES string of the molecule is N#CCCN(C(=O)Cn1cc(N)cn1)c1ccccc1. The number of carbonyl (C=O) groups excluding carboxylic acids is 1. The second-order valence-electron chi connectivity index (χ2n) is 4.26. The Hall–Kier alpha value is -2.81. The molecule has 0 aliphatic heterocycles. The molecular formula is C14H15N5O. The van der Waals surface area contributed by atoms with Crippen LogP contribution in [0.15, 0.2) is 42.7 Å². The Bertz CT molecular complexity index is 614. The molecule has 0 aliphatic carbocycles. The van der Waals surface area contributed by atoms with Gasteiger partial charge in [0.15, 0.2) is 0 Å². The standard InChI is InChI=1S/C14H15N5O/c15-7-4-8-19(13-5-2-1-3-6-13)14(20)11-18-10-12(16)9-17-18/h1-3,5-6,9-10H,4,8,11,16H2. The molecule has 1 aromatic heterocycles. The first kappa shape index (κ1) is 13.6. The summed E-state index contributed by atoms with van der Waals surface area (Å²) < 4.78 is 1.49. The molecule has 0 saturated heterocycles. The number of amides is 1. The van der Waals surface area contributed by atoms with Gasteiger partial charge in [-0.1, -0.05) is 18.2 Å². The van der Waals surface area contributed by atoms with Crippen LogP contribution in [0.25, 0.3) is 0 Å². The molecule has 0 fully saturated rings. The van der Waals surface area contributed by atoms with Crippen molar-refractivity contribution >= 4 is 17.3 Å². The van der Waals surface area contributed by atoms with Crippen molar-refractivity contribution in [2.45, 2.75) is 13.0 Å². The molecule has 1 amide bonds. The largest absolute Gasteiger partial charge is 0.396 e. The van der Waals surface area contributed by atoms with Crippen LogP contribution >= 0.6 is 0 Å². The Balaban J connectivity index is 2.14. The number of benzene rings is 1. The van der Waals surface area contributed by atoms with E-state index in [4.69, 9.17) is 11.0 Å². The number of rotatable bonds is 5. The molecular weight excluding hydrogens is 254 g/mol. The summed E-state index contributed by atoms with van der Waals surface area (Å²) in [5.41, 5.74) is 6.86. The van der Waals surface area contributed by atoms with Gasteiger partial charge < -0.3 is 10.6 Å². The van der Waals surface area contributed by atoms with Crippen LogP contribution in [0.5, 0.6) is 0 Å². The van der Waals surface area contributed by atoms with Crippen LogP contribution in [0, 0.1) is 11.3 Å². The number of aromatic nitrogens is 2. The molecule has 6 heteroatoms. The molecule has 102 valence electrons.